The number of rotatable bonds is 3. The Labute approximate surface area is 118 Å². The molecule has 0 aromatic heterocycles. The maximum atomic E-state index is 12.5. The van der Waals surface area contributed by atoms with E-state index in [1.54, 1.807) is 0 Å². The number of likely N-dealkylation sites (tertiary alicyclic amines) is 1. The van der Waals surface area contributed by atoms with E-state index < -0.39 is 11.9 Å². The summed E-state index contributed by atoms with van der Waals surface area (Å²) >= 11 is 0. The van der Waals surface area contributed by atoms with Gasteiger partial charge in [-0.25, -0.2) is 0 Å². The Bertz CT molecular complexity index is 554. The normalized spacial score (nSPS) is 28.4. The van der Waals surface area contributed by atoms with Gasteiger partial charge in [0.15, 0.2) is 0 Å². The molecule has 3 rings (SSSR count). The van der Waals surface area contributed by atoms with Gasteiger partial charge in [-0.2, -0.15) is 0 Å². The van der Waals surface area contributed by atoms with Crippen LogP contribution in [0.2, 0.25) is 0 Å². The van der Waals surface area contributed by atoms with Crippen molar-refractivity contribution in [2.75, 3.05) is 6.54 Å². The Kier molecular flexibility index (Phi) is 3.24. The molecule has 1 aliphatic heterocycles. The standard InChI is InChI=1S/C16H19NO3/c1-10-4-2-5-11(8-10)14-6-3-7-17(14)15(18)12-9-13(12)16(19)20/h2,4-5,8,12-14H,3,6-7,9H2,1H3,(H,19,20)/t12-,13+,14-/m0/s1. The van der Waals surface area contributed by atoms with Crippen LogP contribution in [0.3, 0.4) is 0 Å². The van der Waals surface area contributed by atoms with Crippen molar-refractivity contribution in [2.45, 2.75) is 32.2 Å². The van der Waals surface area contributed by atoms with Gasteiger partial charge in [-0.05, 0) is 31.7 Å². The van der Waals surface area contributed by atoms with E-state index in [0.29, 0.717) is 6.42 Å². The van der Waals surface area contributed by atoms with Crippen LogP contribution in [0.4, 0.5) is 0 Å². The highest BCUT2D eigenvalue weighted by molar-refractivity contribution is 5.89. The second kappa shape index (κ2) is 4.93. The monoisotopic (exact) mass is 273 g/mol. The molecule has 1 amide bonds. The van der Waals surface area contributed by atoms with E-state index in [1.807, 2.05) is 24.0 Å². The summed E-state index contributed by atoms with van der Waals surface area (Å²) in [5.41, 5.74) is 2.36. The first-order chi connectivity index (χ1) is 9.58. The van der Waals surface area contributed by atoms with E-state index in [2.05, 4.69) is 12.1 Å². The zero-order chi connectivity index (χ0) is 14.3. The van der Waals surface area contributed by atoms with E-state index in [0.717, 1.165) is 19.4 Å². The van der Waals surface area contributed by atoms with Gasteiger partial charge in [0.05, 0.1) is 17.9 Å². The molecule has 1 saturated heterocycles. The van der Waals surface area contributed by atoms with Crippen molar-refractivity contribution < 1.29 is 14.7 Å². The molecule has 1 N–H and O–H groups in total. The van der Waals surface area contributed by atoms with Gasteiger partial charge in [-0.1, -0.05) is 29.8 Å². The fourth-order valence-electron chi connectivity index (χ4n) is 3.21. The molecular weight excluding hydrogens is 254 g/mol. The molecule has 2 aliphatic rings. The summed E-state index contributed by atoms with van der Waals surface area (Å²) in [6.45, 7) is 2.80. The molecule has 1 aliphatic carbocycles. The number of carbonyl (C=O) groups is 2. The highest BCUT2D eigenvalue weighted by atomic mass is 16.4. The third-order valence-electron chi connectivity index (χ3n) is 4.39. The van der Waals surface area contributed by atoms with Crippen molar-refractivity contribution in [3.63, 3.8) is 0 Å². The molecular formula is C16H19NO3. The van der Waals surface area contributed by atoms with Gasteiger partial charge in [0.1, 0.15) is 0 Å². The summed E-state index contributed by atoms with van der Waals surface area (Å²) in [7, 11) is 0. The second-order valence-electron chi connectivity index (χ2n) is 5.89. The van der Waals surface area contributed by atoms with Crippen molar-refractivity contribution in [2.24, 2.45) is 11.8 Å². The first kappa shape index (κ1) is 13.2. The zero-order valence-corrected chi connectivity index (χ0v) is 11.6. The number of carbonyl (C=O) groups excluding carboxylic acids is 1. The Morgan fingerprint density at radius 3 is 2.75 bits per heavy atom. The van der Waals surface area contributed by atoms with Crippen LogP contribution in [0.15, 0.2) is 24.3 Å². The number of hydrogen-bond acceptors (Lipinski definition) is 2. The Balaban J connectivity index is 1.76. The molecule has 1 heterocycles. The van der Waals surface area contributed by atoms with Gasteiger partial charge in [0.2, 0.25) is 5.91 Å². The summed E-state index contributed by atoms with van der Waals surface area (Å²) in [6, 6.07) is 8.37. The minimum absolute atomic E-state index is 0.0291. The smallest absolute Gasteiger partial charge is 0.307 e. The van der Waals surface area contributed by atoms with Crippen LogP contribution in [-0.2, 0) is 9.59 Å². The van der Waals surface area contributed by atoms with Crippen molar-refractivity contribution in [1.82, 2.24) is 4.90 Å². The van der Waals surface area contributed by atoms with E-state index in [4.69, 9.17) is 5.11 Å². The molecule has 2 fully saturated rings. The Morgan fingerprint density at radius 1 is 1.30 bits per heavy atom. The Hall–Kier alpha value is -1.84. The van der Waals surface area contributed by atoms with Crippen LogP contribution < -0.4 is 0 Å². The fraction of sp³-hybridized carbons (Fsp3) is 0.500. The molecule has 4 heteroatoms. The highest BCUT2D eigenvalue weighted by Crippen LogP contribution is 2.43. The molecule has 0 unspecified atom stereocenters. The molecule has 106 valence electrons. The van der Waals surface area contributed by atoms with Crippen LogP contribution in [0.1, 0.15) is 36.4 Å². The predicted octanol–water partition coefficient (Wildman–Crippen LogP) is 2.38. The van der Waals surface area contributed by atoms with E-state index in [1.165, 1.54) is 11.1 Å². The van der Waals surface area contributed by atoms with Crippen molar-refractivity contribution >= 4 is 11.9 Å². The van der Waals surface area contributed by atoms with Crippen LogP contribution in [-0.4, -0.2) is 28.4 Å². The van der Waals surface area contributed by atoms with Crippen molar-refractivity contribution in [1.29, 1.82) is 0 Å². The lowest BCUT2D eigenvalue weighted by molar-refractivity contribution is -0.142. The number of amides is 1. The number of aliphatic carboxylic acids is 1. The van der Waals surface area contributed by atoms with Crippen LogP contribution >= 0.6 is 0 Å². The largest absolute Gasteiger partial charge is 0.481 e. The van der Waals surface area contributed by atoms with Gasteiger partial charge in [-0.3, -0.25) is 9.59 Å². The molecule has 3 atom stereocenters. The summed E-state index contributed by atoms with van der Waals surface area (Å²) in [5.74, 6) is -1.56. The second-order valence-corrected chi connectivity index (χ2v) is 5.89. The molecule has 4 nitrogen and oxygen atoms in total. The van der Waals surface area contributed by atoms with E-state index in [9.17, 15) is 9.59 Å². The molecule has 0 spiro atoms. The number of nitrogens with zero attached hydrogens (tertiary/aromatic N) is 1. The van der Waals surface area contributed by atoms with Crippen LogP contribution in [0.25, 0.3) is 0 Å². The number of benzene rings is 1. The van der Waals surface area contributed by atoms with Crippen molar-refractivity contribution in [3.8, 4) is 0 Å². The predicted molar refractivity (Wildman–Crippen MR) is 74.1 cm³/mol. The molecule has 20 heavy (non-hydrogen) atoms. The van der Waals surface area contributed by atoms with E-state index in [-0.39, 0.29) is 17.9 Å². The van der Waals surface area contributed by atoms with Gasteiger partial charge < -0.3 is 10.0 Å². The molecule has 0 radical (unpaired) electrons. The molecule has 1 saturated carbocycles. The first-order valence-electron chi connectivity index (χ1n) is 7.18. The highest BCUT2D eigenvalue weighted by Gasteiger charge is 2.51. The summed E-state index contributed by atoms with van der Waals surface area (Å²) in [4.78, 5) is 25.3. The summed E-state index contributed by atoms with van der Waals surface area (Å²) < 4.78 is 0. The number of carboxylic acid groups (broad SMARTS) is 1. The minimum Gasteiger partial charge on any atom is -0.481 e. The molecule has 1 aromatic rings. The fourth-order valence-corrected chi connectivity index (χ4v) is 3.21. The van der Waals surface area contributed by atoms with Gasteiger partial charge in [-0.15, -0.1) is 0 Å². The number of hydrogen-bond donors (Lipinski definition) is 1. The number of aryl methyl sites for hydroxylation is 1. The SMILES string of the molecule is Cc1cccc([C@@H]2CCCN2C(=O)[C@H]2C[C@H]2C(=O)O)c1. The number of carboxylic acids is 1. The first-order valence-corrected chi connectivity index (χ1v) is 7.18. The topological polar surface area (TPSA) is 57.6 Å². The van der Waals surface area contributed by atoms with Gasteiger partial charge in [0.25, 0.3) is 0 Å². The minimum atomic E-state index is -0.838. The lowest BCUT2D eigenvalue weighted by Crippen LogP contribution is -2.32. The average molecular weight is 273 g/mol. The Morgan fingerprint density at radius 2 is 2.10 bits per heavy atom. The van der Waals surface area contributed by atoms with Gasteiger partial charge in [0, 0.05) is 6.54 Å². The third kappa shape index (κ3) is 2.30. The lowest BCUT2D eigenvalue weighted by Gasteiger charge is -2.25. The maximum absolute atomic E-state index is 12.5. The molecule has 0 bridgehead atoms. The van der Waals surface area contributed by atoms with E-state index >= 15 is 0 Å². The third-order valence-corrected chi connectivity index (χ3v) is 4.39. The van der Waals surface area contributed by atoms with Crippen LogP contribution in [0.5, 0.6) is 0 Å². The molecule has 1 aromatic carbocycles. The lowest BCUT2D eigenvalue weighted by atomic mass is 10.0. The maximum Gasteiger partial charge on any atom is 0.307 e. The summed E-state index contributed by atoms with van der Waals surface area (Å²) in [5, 5.41) is 8.96. The quantitative estimate of drug-likeness (QED) is 0.920. The van der Waals surface area contributed by atoms with Crippen LogP contribution in [0, 0.1) is 18.8 Å². The zero-order valence-electron chi connectivity index (χ0n) is 11.6. The van der Waals surface area contributed by atoms with Crippen molar-refractivity contribution in [3.05, 3.63) is 35.4 Å². The summed E-state index contributed by atoms with van der Waals surface area (Å²) in [6.07, 6.45) is 2.47. The van der Waals surface area contributed by atoms with Gasteiger partial charge >= 0.3 is 5.97 Å². The average Bonchev–Trinajstić information content (AvgIpc) is 3.07.